The van der Waals surface area contributed by atoms with Crippen LogP contribution in [0.2, 0.25) is 0 Å². The predicted molar refractivity (Wildman–Crippen MR) is 118 cm³/mol. The molecule has 0 saturated carbocycles. The van der Waals surface area contributed by atoms with Gasteiger partial charge in [-0.1, -0.05) is 17.7 Å². The maximum Gasteiger partial charge on any atom is 0.340 e. The van der Waals surface area contributed by atoms with E-state index in [4.69, 9.17) is 23.2 Å². The number of amides is 3. The van der Waals surface area contributed by atoms with E-state index < -0.39 is 0 Å². The number of likely N-dealkylation sites (tertiary alicyclic amines) is 2. The van der Waals surface area contributed by atoms with Gasteiger partial charge in [-0.05, 0) is 44.9 Å². The van der Waals surface area contributed by atoms with E-state index in [1.807, 2.05) is 24.0 Å². The van der Waals surface area contributed by atoms with Crippen LogP contribution in [0.3, 0.4) is 0 Å². The fourth-order valence-electron chi connectivity index (χ4n) is 3.98. The average Bonchev–Trinajstić information content (AvgIpc) is 3.32. The van der Waals surface area contributed by atoms with E-state index in [0.29, 0.717) is 24.0 Å². The van der Waals surface area contributed by atoms with Gasteiger partial charge in [0.05, 0.1) is 0 Å². The molecule has 2 heterocycles. The van der Waals surface area contributed by atoms with Gasteiger partial charge in [-0.25, -0.2) is 9.80 Å². The summed E-state index contributed by atoms with van der Waals surface area (Å²) < 4.78 is 0. The predicted octanol–water partition coefficient (Wildman–Crippen LogP) is 2.87. The highest BCUT2D eigenvalue weighted by Gasteiger charge is 2.45. The first kappa shape index (κ1) is 23.7. The van der Waals surface area contributed by atoms with Crippen molar-refractivity contribution in [2.45, 2.75) is 26.7 Å². The third-order valence-corrected chi connectivity index (χ3v) is 6.25. The zero-order valence-electron chi connectivity index (χ0n) is 17.7. The molecule has 0 radical (unpaired) electrons. The summed E-state index contributed by atoms with van der Waals surface area (Å²) in [5, 5.41) is 8.56. The van der Waals surface area contributed by atoms with Crippen molar-refractivity contribution in [3.63, 3.8) is 0 Å². The number of hydrazone groups is 1. The van der Waals surface area contributed by atoms with Crippen LogP contribution >= 0.6 is 23.2 Å². The van der Waals surface area contributed by atoms with Crippen LogP contribution in [-0.2, 0) is 4.79 Å². The third-order valence-electron chi connectivity index (χ3n) is 5.57. The Morgan fingerprint density at radius 3 is 2.59 bits per heavy atom. The molecule has 0 aromatic rings. The molecule has 2 saturated heterocycles. The standard InChI is InChI=1S/C20H31Cl2N5O2/c1-5-17(22)10-16(11-21)12-26-8-6-20(13-26)7-9-27(14-20)19(29)25(4)24-15(2)18(28)23-3/h5,10H,6-9,11-14H2,1-4H3,(H,23,28)/b16-10+,17-5+,24-15+. The van der Waals surface area contributed by atoms with Gasteiger partial charge in [0.2, 0.25) is 0 Å². The molecule has 0 aliphatic carbocycles. The van der Waals surface area contributed by atoms with Gasteiger partial charge < -0.3 is 10.2 Å². The second kappa shape index (κ2) is 10.5. The lowest BCUT2D eigenvalue weighted by Gasteiger charge is -2.26. The SMILES string of the molecule is C/C=C(Cl)\C=C(/CCl)CN1CCC2(CCN(C(=O)N(C)/N=C(\C)C(=O)NC)C2)C1. The maximum atomic E-state index is 12.7. The highest BCUT2D eigenvalue weighted by atomic mass is 35.5. The molecule has 0 bridgehead atoms. The number of hydrogen-bond donors (Lipinski definition) is 1. The van der Waals surface area contributed by atoms with Gasteiger partial charge in [-0.15, -0.1) is 11.6 Å². The molecule has 0 aromatic carbocycles. The number of nitrogens with one attached hydrogen (secondary N) is 1. The lowest BCUT2D eigenvalue weighted by molar-refractivity contribution is -0.114. The van der Waals surface area contributed by atoms with Crippen molar-refractivity contribution in [3.8, 4) is 0 Å². The van der Waals surface area contributed by atoms with Crippen LogP contribution in [0.15, 0.2) is 27.9 Å². The largest absolute Gasteiger partial charge is 0.354 e. The van der Waals surface area contributed by atoms with Crippen molar-refractivity contribution in [1.82, 2.24) is 20.1 Å². The number of halogens is 2. The smallest absolute Gasteiger partial charge is 0.340 e. The Morgan fingerprint density at radius 2 is 1.97 bits per heavy atom. The number of nitrogens with zero attached hydrogens (tertiary/aromatic N) is 4. The fraction of sp³-hybridized carbons (Fsp3) is 0.650. The summed E-state index contributed by atoms with van der Waals surface area (Å²) in [6, 6.07) is -0.176. The third kappa shape index (κ3) is 6.20. The first-order valence-electron chi connectivity index (χ1n) is 9.83. The highest BCUT2D eigenvalue weighted by molar-refractivity contribution is 6.37. The number of urea groups is 1. The molecule has 9 heteroatoms. The quantitative estimate of drug-likeness (QED) is 0.297. The summed E-state index contributed by atoms with van der Waals surface area (Å²) in [6.07, 6.45) is 5.81. The Kier molecular flexibility index (Phi) is 8.55. The van der Waals surface area contributed by atoms with Crippen LogP contribution in [-0.4, -0.2) is 85.2 Å². The first-order chi connectivity index (χ1) is 13.7. The number of carbonyl (C=O) groups excluding carboxylic acids is 2. The van der Waals surface area contributed by atoms with Gasteiger partial charge >= 0.3 is 6.03 Å². The van der Waals surface area contributed by atoms with Gasteiger partial charge in [0.15, 0.2) is 0 Å². The number of hydrogen-bond acceptors (Lipinski definition) is 4. The second-order valence-electron chi connectivity index (χ2n) is 7.81. The van der Waals surface area contributed by atoms with E-state index >= 15 is 0 Å². The number of carbonyl (C=O) groups is 2. The summed E-state index contributed by atoms with van der Waals surface area (Å²) in [5.41, 5.74) is 1.46. The van der Waals surface area contributed by atoms with Crippen LogP contribution in [0.4, 0.5) is 4.79 Å². The molecule has 1 spiro atoms. The zero-order valence-corrected chi connectivity index (χ0v) is 19.2. The zero-order chi connectivity index (χ0) is 21.6. The molecular formula is C20H31Cl2N5O2. The van der Waals surface area contributed by atoms with E-state index in [9.17, 15) is 9.59 Å². The lowest BCUT2D eigenvalue weighted by Crippen LogP contribution is -2.40. The molecular weight excluding hydrogens is 413 g/mol. The molecule has 1 N–H and O–H groups in total. The highest BCUT2D eigenvalue weighted by Crippen LogP contribution is 2.40. The van der Waals surface area contributed by atoms with Crippen molar-refractivity contribution in [2.75, 3.05) is 52.7 Å². The molecule has 3 amide bonds. The van der Waals surface area contributed by atoms with Crippen LogP contribution in [0.5, 0.6) is 0 Å². The van der Waals surface area contributed by atoms with E-state index in [0.717, 1.165) is 38.0 Å². The number of alkyl halides is 1. The average molecular weight is 444 g/mol. The first-order valence-corrected chi connectivity index (χ1v) is 10.7. The Labute approximate surface area is 183 Å². The Morgan fingerprint density at radius 1 is 1.28 bits per heavy atom. The van der Waals surface area contributed by atoms with Gasteiger partial charge in [0.1, 0.15) is 5.71 Å². The maximum absolute atomic E-state index is 12.7. The Hall–Kier alpha value is -1.57. The monoisotopic (exact) mass is 443 g/mol. The summed E-state index contributed by atoms with van der Waals surface area (Å²) in [7, 11) is 3.12. The molecule has 2 fully saturated rings. The minimum absolute atomic E-state index is 0.109. The summed E-state index contributed by atoms with van der Waals surface area (Å²) >= 11 is 12.2. The van der Waals surface area contributed by atoms with E-state index in [1.165, 1.54) is 12.1 Å². The molecule has 29 heavy (non-hydrogen) atoms. The summed E-state index contributed by atoms with van der Waals surface area (Å²) in [4.78, 5) is 28.6. The molecule has 2 rings (SSSR count). The van der Waals surface area contributed by atoms with Gasteiger partial charge in [0, 0.05) is 56.6 Å². The fourth-order valence-corrected chi connectivity index (χ4v) is 4.30. The summed E-state index contributed by atoms with van der Waals surface area (Å²) in [6.45, 7) is 7.60. The number of rotatable bonds is 6. The minimum atomic E-state index is -0.296. The van der Waals surface area contributed by atoms with Crippen LogP contribution in [0.1, 0.15) is 26.7 Å². The molecule has 1 unspecified atom stereocenters. The normalized spacial score (nSPS) is 23.8. The van der Waals surface area contributed by atoms with Crippen molar-refractivity contribution in [3.05, 3.63) is 22.8 Å². The number of allylic oxidation sites excluding steroid dienone is 3. The van der Waals surface area contributed by atoms with Crippen LogP contribution in [0.25, 0.3) is 0 Å². The molecule has 1 atom stereocenters. The molecule has 2 aliphatic rings. The van der Waals surface area contributed by atoms with Gasteiger partial charge in [0.25, 0.3) is 5.91 Å². The molecule has 2 aliphatic heterocycles. The molecule has 162 valence electrons. The van der Waals surface area contributed by atoms with Crippen molar-refractivity contribution in [1.29, 1.82) is 0 Å². The van der Waals surface area contributed by atoms with Gasteiger partial charge in [-0.3, -0.25) is 9.69 Å². The van der Waals surface area contributed by atoms with Crippen LogP contribution in [0, 0.1) is 5.41 Å². The van der Waals surface area contributed by atoms with Crippen LogP contribution < -0.4 is 5.32 Å². The summed E-state index contributed by atoms with van der Waals surface area (Å²) in [5.74, 6) is 0.154. The topological polar surface area (TPSA) is 68.2 Å². The Bertz CT molecular complexity index is 722. The van der Waals surface area contributed by atoms with E-state index in [2.05, 4.69) is 15.3 Å². The van der Waals surface area contributed by atoms with E-state index in [1.54, 1.807) is 14.0 Å². The molecule has 7 nitrogen and oxygen atoms in total. The lowest BCUT2D eigenvalue weighted by atomic mass is 9.86. The minimum Gasteiger partial charge on any atom is -0.354 e. The molecule has 0 aromatic heterocycles. The van der Waals surface area contributed by atoms with Crippen molar-refractivity contribution in [2.24, 2.45) is 10.5 Å². The van der Waals surface area contributed by atoms with Gasteiger partial charge in [-0.2, -0.15) is 5.10 Å². The Balaban J connectivity index is 1.96. The van der Waals surface area contributed by atoms with Crippen molar-refractivity contribution < 1.29 is 9.59 Å². The van der Waals surface area contributed by atoms with E-state index in [-0.39, 0.29) is 23.1 Å². The van der Waals surface area contributed by atoms with Crippen molar-refractivity contribution >= 4 is 40.9 Å². The second-order valence-corrected chi connectivity index (χ2v) is 8.52.